The van der Waals surface area contributed by atoms with Crippen molar-refractivity contribution in [3.63, 3.8) is 0 Å². The first kappa shape index (κ1) is 19.8. The SMILES string of the molecule is CN=C(NCCc1ccccc1OC)NCc1sccc1C.I. The van der Waals surface area contributed by atoms with Gasteiger partial charge in [-0.25, -0.2) is 0 Å². The number of ether oxygens (including phenoxy) is 1. The van der Waals surface area contributed by atoms with Crippen molar-refractivity contribution in [2.75, 3.05) is 20.7 Å². The summed E-state index contributed by atoms with van der Waals surface area (Å²) < 4.78 is 5.37. The molecule has 0 aliphatic heterocycles. The summed E-state index contributed by atoms with van der Waals surface area (Å²) in [5, 5.41) is 8.80. The quantitative estimate of drug-likeness (QED) is 0.406. The molecular weight excluding hydrogens is 421 g/mol. The second kappa shape index (κ2) is 10.5. The predicted octanol–water partition coefficient (Wildman–Crippen LogP) is 3.59. The minimum absolute atomic E-state index is 0. The number of thiophene rings is 1. The monoisotopic (exact) mass is 445 g/mol. The molecule has 126 valence electrons. The Kier molecular flexibility index (Phi) is 9.01. The normalized spacial score (nSPS) is 10.8. The number of guanidine groups is 1. The second-order valence-electron chi connectivity index (χ2n) is 4.94. The molecule has 0 spiro atoms. The van der Waals surface area contributed by atoms with Gasteiger partial charge in [0.2, 0.25) is 0 Å². The Balaban J connectivity index is 0.00000264. The van der Waals surface area contributed by atoms with Gasteiger partial charge >= 0.3 is 0 Å². The molecule has 0 saturated heterocycles. The number of hydrogen-bond acceptors (Lipinski definition) is 3. The molecule has 1 aromatic heterocycles. The zero-order valence-electron chi connectivity index (χ0n) is 13.8. The molecule has 0 radical (unpaired) electrons. The van der Waals surface area contributed by atoms with E-state index in [-0.39, 0.29) is 24.0 Å². The van der Waals surface area contributed by atoms with Crippen molar-refractivity contribution in [3.8, 4) is 5.75 Å². The Morgan fingerprint density at radius 1 is 1.22 bits per heavy atom. The third-order valence-electron chi connectivity index (χ3n) is 3.49. The summed E-state index contributed by atoms with van der Waals surface area (Å²) >= 11 is 1.77. The molecule has 1 aromatic carbocycles. The maximum absolute atomic E-state index is 5.37. The van der Waals surface area contributed by atoms with Gasteiger partial charge in [-0.1, -0.05) is 18.2 Å². The molecule has 4 nitrogen and oxygen atoms in total. The van der Waals surface area contributed by atoms with Crippen LogP contribution < -0.4 is 15.4 Å². The van der Waals surface area contributed by atoms with Crippen LogP contribution in [0.1, 0.15) is 16.0 Å². The van der Waals surface area contributed by atoms with Crippen LogP contribution in [0, 0.1) is 6.92 Å². The first-order chi connectivity index (χ1) is 10.7. The lowest BCUT2D eigenvalue weighted by molar-refractivity contribution is 0.409. The molecular formula is C17H24IN3OS. The summed E-state index contributed by atoms with van der Waals surface area (Å²) in [6.45, 7) is 3.74. The van der Waals surface area contributed by atoms with Gasteiger partial charge < -0.3 is 15.4 Å². The number of nitrogens with one attached hydrogen (secondary N) is 2. The summed E-state index contributed by atoms with van der Waals surface area (Å²) in [6.07, 6.45) is 0.892. The standard InChI is InChI=1S/C17H23N3OS.HI/c1-13-9-11-22-16(13)12-20-17(18-2)19-10-8-14-6-4-5-7-15(14)21-3;/h4-7,9,11H,8,10,12H2,1-3H3,(H2,18,19,20);1H. The van der Waals surface area contributed by atoms with E-state index in [1.807, 2.05) is 18.2 Å². The Morgan fingerprint density at radius 2 is 2.00 bits per heavy atom. The van der Waals surface area contributed by atoms with E-state index in [2.05, 4.69) is 40.1 Å². The fraction of sp³-hybridized carbons (Fsp3) is 0.353. The maximum atomic E-state index is 5.37. The van der Waals surface area contributed by atoms with E-state index in [0.717, 1.165) is 31.2 Å². The highest BCUT2D eigenvalue weighted by atomic mass is 127. The number of rotatable bonds is 6. The van der Waals surface area contributed by atoms with Crippen molar-refractivity contribution in [2.45, 2.75) is 19.9 Å². The molecule has 1 heterocycles. The zero-order chi connectivity index (χ0) is 15.8. The van der Waals surface area contributed by atoms with Gasteiger partial charge in [0.25, 0.3) is 0 Å². The summed E-state index contributed by atoms with van der Waals surface area (Å²) in [6, 6.07) is 10.2. The van der Waals surface area contributed by atoms with Crippen molar-refractivity contribution in [1.29, 1.82) is 0 Å². The third-order valence-corrected chi connectivity index (χ3v) is 4.51. The zero-order valence-corrected chi connectivity index (χ0v) is 16.9. The van der Waals surface area contributed by atoms with Crippen molar-refractivity contribution < 1.29 is 4.74 Å². The van der Waals surface area contributed by atoms with Crippen LogP contribution in [0.15, 0.2) is 40.7 Å². The van der Waals surface area contributed by atoms with E-state index in [9.17, 15) is 0 Å². The number of halogens is 1. The fourth-order valence-electron chi connectivity index (χ4n) is 2.19. The molecule has 0 saturated carbocycles. The average Bonchev–Trinajstić information content (AvgIpc) is 2.96. The van der Waals surface area contributed by atoms with Gasteiger partial charge in [-0.2, -0.15) is 0 Å². The van der Waals surface area contributed by atoms with Gasteiger partial charge in [0, 0.05) is 18.5 Å². The molecule has 0 atom stereocenters. The van der Waals surface area contributed by atoms with Crippen molar-refractivity contribution in [1.82, 2.24) is 10.6 Å². The lowest BCUT2D eigenvalue weighted by Crippen LogP contribution is -2.37. The highest BCUT2D eigenvalue weighted by Crippen LogP contribution is 2.17. The summed E-state index contributed by atoms with van der Waals surface area (Å²) in [5.74, 6) is 1.75. The number of methoxy groups -OCH3 is 1. The van der Waals surface area contributed by atoms with E-state index in [4.69, 9.17) is 4.74 Å². The minimum atomic E-state index is 0. The summed E-state index contributed by atoms with van der Waals surface area (Å²) in [5.41, 5.74) is 2.52. The summed E-state index contributed by atoms with van der Waals surface area (Å²) in [7, 11) is 3.50. The van der Waals surface area contributed by atoms with E-state index in [0.29, 0.717) is 0 Å². The lowest BCUT2D eigenvalue weighted by Gasteiger charge is -2.13. The van der Waals surface area contributed by atoms with Crippen LogP contribution in [0.4, 0.5) is 0 Å². The lowest BCUT2D eigenvalue weighted by atomic mass is 10.1. The van der Waals surface area contributed by atoms with E-state index < -0.39 is 0 Å². The number of aryl methyl sites for hydroxylation is 1. The molecule has 0 bridgehead atoms. The van der Waals surface area contributed by atoms with Gasteiger partial charge in [-0.15, -0.1) is 35.3 Å². The molecule has 2 aromatic rings. The highest BCUT2D eigenvalue weighted by molar-refractivity contribution is 14.0. The average molecular weight is 445 g/mol. The molecule has 0 aliphatic carbocycles. The van der Waals surface area contributed by atoms with E-state index >= 15 is 0 Å². The topological polar surface area (TPSA) is 45.7 Å². The Bertz CT molecular complexity index is 628. The molecule has 6 heteroatoms. The first-order valence-electron chi connectivity index (χ1n) is 7.34. The van der Waals surface area contributed by atoms with Crippen LogP contribution in [0.3, 0.4) is 0 Å². The Morgan fingerprint density at radius 3 is 2.65 bits per heavy atom. The molecule has 0 amide bonds. The number of benzene rings is 1. The van der Waals surface area contributed by atoms with Gasteiger partial charge in [-0.3, -0.25) is 4.99 Å². The minimum Gasteiger partial charge on any atom is -0.496 e. The Labute approximate surface area is 159 Å². The van der Waals surface area contributed by atoms with Crippen molar-refractivity contribution in [3.05, 3.63) is 51.7 Å². The van der Waals surface area contributed by atoms with Crippen LogP contribution >= 0.6 is 35.3 Å². The number of nitrogens with zero attached hydrogens (tertiary/aromatic N) is 1. The van der Waals surface area contributed by atoms with Crippen molar-refractivity contribution in [2.24, 2.45) is 4.99 Å². The van der Waals surface area contributed by atoms with Gasteiger partial charge in [-0.05, 0) is 42.0 Å². The largest absolute Gasteiger partial charge is 0.496 e. The fourth-order valence-corrected chi connectivity index (χ4v) is 3.04. The Hall–Kier alpha value is -1.28. The second-order valence-corrected chi connectivity index (χ2v) is 5.94. The van der Waals surface area contributed by atoms with E-state index in [1.54, 1.807) is 25.5 Å². The number of aliphatic imine (C=N–C) groups is 1. The van der Waals surface area contributed by atoms with Crippen LogP contribution in [0.25, 0.3) is 0 Å². The molecule has 0 aliphatic rings. The molecule has 23 heavy (non-hydrogen) atoms. The number of hydrogen-bond donors (Lipinski definition) is 2. The van der Waals surface area contributed by atoms with E-state index in [1.165, 1.54) is 16.0 Å². The summed E-state index contributed by atoms with van der Waals surface area (Å²) in [4.78, 5) is 5.60. The third kappa shape index (κ3) is 6.02. The predicted molar refractivity (Wildman–Crippen MR) is 109 cm³/mol. The smallest absolute Gasteiger partial charge is 0.191 e. The maximum Gasteiger partial charge on any atom is 0.191 e. The number of para-hydroxylation sites is 1. The molecule has 0 fully saturated rings. The van der Waals surface area contributed by atoms with Crippen LogP contribution in [-0.4, -0.2) is 26.7 Å². The van der Waals surface area contributed by atoms with Crippen LogP contribution in [-0.2, 0) is 13.0 Å². The first-order valence-corrected chi connectivity index (χ1v) is 8.22. The van der Waals surface area contributed by atoms with Crippen LogP contribution in [0.2, 0.25) is 0 Å². The van der Waals surface area contributed by atoms with Gasteiger partial charge in [0.05, 0.1) is 13.7 Å². The highest BCUT2D eigenvalue weighted by Gasteiger charge is 2.04. The molecule has 2 N–H and O–H groups in total. The molecule has 2 rings (SSSR count). The van der Waals surface area contributed by atoms with Crippen molar-refractivity contribution >= 4 is 41.3 Å². The van der Waals surface area contributed by atoms with Crippen LogP contribution in [0.5, 0.6) is 5.75 Å². The molecule has 0 unspecified atom stereocenters. The van der Waals surface area contributed by atoms with Gasteiger partial charge in [0.15, 0.2) is 5.96 Å². The van der Waals surface area contributed by atoms with Gasteiger partial charge in [0.1, 0.15) is 5.75 Å².